The van der Waals surface area contributed by atoms with E-state index in [9.17, 15) is 9.90 Å². The van der Waals surface area contributed by atoms with E-state index in [1.54, 1.807) is 0 Å². The van der Waals surface area contributed by atoms with E-state index in [0.29, 0.717) is 26.1 Å². The molecule has 138 valence electrons. The lowest BCUT2D eigenvalue weighted by Gasteiger charge is -2.34. The second-order valence-electron chi connectivity index (χ2n) is 7.64. The quantitative estimate of drug-likeness (QED) is 0.894. The lowest BCUT2D eigenvalue weighted by molar-refractivity contribution is -0.135. The zero-order chi connectivity index (χ0) is 18.3. The molecule has 2 fully saturated rings. The molecule has 2 aliphatic heterocycles. The Morgan fingerprint density at radius 3 is 2.77 bits per heavy atom. The number of fused-ring (bicyclic) bond motifs is 1. The van der Waals surface area contributed by atoms with E-state index >= 15 is 0 Å². The van der Waals surface area contributed by atoms with Crippen LogP contribution in [-0.4, -0.2) is 58.2 Å². The number of β-amino-alcohol motifs (C(OH)–C–C–N with tert-alkyl or cyclic N) is 1. The molecule has 0 spiro atoms. The summed E-state index contributed by atoms with van der Waals surface area (Å²) in [6.07, 6.45) is 2.18. The van der Waals surface area contributed by atoms with Crippen molar-refractivity contribution in [2.24, 2.45) is 5.92 Å². The molecule has 0 aliphatic carbocycles. The zero-order valence-electron chi connectivity index (χ0n) is 15.5. The third kappa shape index (κ3) is 3.26. The van der Waals surface area contributed by atoms with Gasteiger partial charge in [0, 0.05) is 31.6 Å². The molecule has 6 nitrogen and oxygen atoms in total. The minimum Gasteiger partial charge on any atom is -0.391 e. The van der Waals surface area contributed by atoms with Gasteiger partial charge < -0.3 is 14.9 Å². The van der Waals surface area contributed by atoms with Crippen LogP contribution in [0.15, 0.2) is 18.2 Å². The van der Waals surface area contributed by atoms with Gasteiger partial charge in [-0.1, -0.05) is 12.1 Å². The maximum absolute atomic E-state index is 12.8. The number of anilines is 1. The van der Waals surface area contributed by atoms with Gasteiger partial charge in [-0.3, -0.25) is 4.79 Å². The SMILES string of the molecule is Cc1ccc2c(C)nc(N3CCC[C@@H](C(=O)N4CC[C@@H](O)C4)C3)nc2c1. The highest BCUT2D eigenvalue weighted by Crippen LogP contribution is 2.26. The van der Waals surface area contributed by atoms with Crippen molar-refractivity contribution in [3.05, 3.63) is 29.5 Å². The number of aromatic nitrogens is 2. The highest BCUT2D eigenvalue weighted by molar-refractivity contribution is 5.83. The summed E-state index contributed by atoms with van der Waals surface area (Å²) in [6, 6.07) is 6.25. The van der Waals surface area contributed by atoms with Crippen molar-refractivity contribution in [3.8, 4) is 0 Å². The Hall–Kier alpha value is -2.21. The van der Waals surface area contributed by atoms with E-state index in [1.807, 2.05) is 11.8 Å². The molecule has 2 aromatic rings. The van der Waals surface area contributed by atoms with Crippen molar-refractivity contribution in [1.82, 2.24) is 14.9 Å². The smallest absolute Gasteiger partial charge is 0.227 e. The molecule has 1 N–H and O–H groups in total. The van der Waals surface area contributed by atoms with E-state index in [0.717, 1.165) is 41.9 Å². The number of aryl methyl sites for hydroxylation is 2. The third-order valence-corrected chi connectivity index (χ3v) is 5.56. The maximum Gasteiger partial charge on any atom is 0.227 e. The Kier molecular flexibility index (Phi) is 4.53. The monoisotopic (exact) mass is 354 g/mol. The Morgan fingerprint density at radius 1 is 1.15 bits per heavy atom. The van der Waals surface area contributed by atoms with Crippen molar-refractivity contribution in [1.29, 1.82) is 0 Å². The van der Waals surface area contributed by atoms with Crippen LogP contribution < -0.4 is 4.90 Å². The molecular weight excluding hydrogens is 328 g/mol. The lowest BCUT2D eigenvalue weighted by Crippen LogP contribution is -2.45. The molecule has 1 aromatic carbocycles. The summed E-state index contributed by atoms with van der Waals surface area (Å²) < 4.78 is 0. The summed E-state index contributed by atoms with van der Waals surface area (Å²) in [5.74, 6) is 0.852. The highest BCUT2D eigenvalue weighted by Gasteiger charge is 2.33. The summed E-state index contributed by atoms with van der Waals surface area (Å²) >= 11 is 0. The lowest BCUT2D eigenvalue weighted by atomic mass is 9.97. The van der Waals surface area contributed by atoms with Gasteiger partial charge in [0.25, 0.3) is 0 Å². The van der Waals surface area contributed by atoms with Crippen molar-refractivity contribution < 1.29 is 9.90 Å². The van der Waals surface area contributed by atoms with Crippen molar-refractivity contribution in [2.75, 3.05) is 31.1 Å². The number of hydrogen-bond donors (Lipinski definition) is 1. The number of amides is 1. The van der Waals surface area contributed by atoms with Crippen LogP contribution in [0.2, 0.25) is 0 Å². The molecule has 1 aromatic heterocycles. The van der Waals surface area contributed by atoms with Crippen LogP contribution >= 0.6 is 0 Å². The Balaban J connectivity index is 1.56. The van der Waals surface area contributed by atoms with Crippen LogP contribution in [0.1, 0.15) is 30.5 Å². The minimum absolute atomic E-state index is 0.0360. The van der Waals surface area contributed by atoms with Gasteiger partial charge in [0.15, 0.2) is 0 Å². The number of likely N-dealkylation sites (tertiary alicyclic amines) is 1. The first kappa shape index (κ1) is 17.2. The molecule has 6 heteroatoms. The van der Waals surface area contributed by atoms with E-state index in [2.05, 4.69) is 30.0 Å². The summed E-state index contributed by atoms with van der Waals surface area (Å²) in [5, 5.41) is 10.8. The standard InChI is InChI=1S/C20H26N4O2/c1-13-5-6-17-14(2)21-20(22-18(17)10-13)24-8-3-4-15(11-24)19(26)23-9-7-16(25)12-23/h5-6,10,15-16,25H,3-4,7-9,11-12H2,1-2H3/t15-,16-/m1/s1. The van der Waals surface area contributed by atoms with Crippen LogP contribution in [0.4, 0.5) is 5.95 Å². The summed E-state index contributed by atoms with van der Waals surface area (Å²) in [4.78, 5) is 26.2. The van der Waals surface area contributed by atoms with E-state index in [1.165, 1.54) is 5.56 Å². The molecule has 26 heavy (non-hydrogen) atoms. The number of carbonyl (C=O) groups excluding carboxylic acids is 1. The molecule has 3 heterocycles. The fourth-order valence-electron chi connectivity index (χ4n) is 4.09. The number of hydrogen-bond acceptors (Lipinski definition) is 5. The Labute approximate surface area is 153 Å². The topological polar surface area (TPSA) is 69.6 Å². The maximum atomic E-state index is 12.8. The summed E-state index contributed by atoms with van der Waals surface area (Å²) in [6.45, 7) is 6.75. The largest absolute Gasteiger partial charge is 0.391 e. The van der Waals surface area contributed by atoms with Crippen LogP contribution in [0.25, 0.3) is 10.9 Å². The number of nitrogens with zero attached hydrogens (tertiary/aromatic N) is 4. The first-order valence-electron chi connectivity index (χ1n) is 9.48. The highest BCUT2D eigenvalue weighted by atomic mass is 16.3. The molecule has 4 rings (SSSR count). The van der Waals surface area contributed by atoms with E-state index < -0.39 is 0 Å². The first-order valence-corrected chi connectivity index (χ1v) is 9.48. The first-order chi connectivity index (χ1) is 12.5. The molecular formula is C20H26N4O2. The van der Waals surface area contributed by atoms with Gasteiger partial charge >= 0.3 is 0 Å². The van der Waals surface area contributed by atoms with Crippen molar-refractivity contribution in [3.63, 3.8) is 0 Å². The van der Waals surface area contributed by atoms with Crippen LogP contribution in [0.3, 0.4) is 0 Å². The number of aliphatic hydroxyl groups excluding tert-OH is 1. The summed E-state index contributed by atoms with van der Waals surface area (Å²) in [7, 11) is 0. The number of rotatable bonds is 2. The van der Waals surface area contributed by atoms with Gasteiger partial charge in [0.2, 0.25) is 11.9 Å². The van der Waals surface area contributed by atoms with Gasteiger partial charge in [0.1, 0.15) is 0 Å². The number of benzene rings is 1. The summed E-state index contributed by atoms with van der Waals surface area (Å²) in [5.41, 5.74) is 3.12. The molecule has 2 aliphatic rings. The normalized spacial score (nSPS) is 23.7. The second-order valence-corrected chi connectivity index (χ2v) is 7.64. The second kappa shape index (κ2) is 6.83. The molecule has 0 saturated carbocycles. The average molecular weight is 354 g/mol. The van der Waals surface area contributed by atoms with Crippen LogP contribution in [0, 0.1) is 19.8 Å². The predicted molar refractivity (Wildman–Crippen MR) is 101 cm³/mol. The third-order valence-electron chi connectivity index (χ3n) is 5.56. The molecule has 0 radical (unpaired) electrons. The van der Waals surface area contributed by atoms with Gasteiger partial charge in [-0.15, -0.1) is 0 Å². The fraction of sp³-hybridized carbons (Fsp3) is 0.550. The van der Waals surface area contributed by atoms with Gasteiger partial charge in [-0.25, -0.2) is 9.97 Å². The zero-order valence-corrected chi connectivity index (χ0v) is 15.5. The number of carbonyl (C=O) groups is 1. The molecule has 2 saturated heterocycles. The van der Waals surface area contributed by atoms with E-state index in [4.69, 9.17) is 9.97 Å². The molecule has 0 unspecified atom stereocenters. The molecule has 2 atom stereocenters. The van der Waals surface area contributed by atoms with E-state index in [-0.39, 0.29) is 17.9 Å². The minimum atomic E-state index is -0.367. The number of aliphatic hydroxyl groups is 1. The Bertz CT molecular complexity index is 838. The number of piperidine rings is 1. The van der Waals surface area contributed by atoms with Gasteiger partial charge in [0.05, 0.1) is 23.2 Å². The van der Waals surface area contributed by atoms with Crippen molar-refractivity contribution >= 4 is 22.8 Å². The molecule has 1 amide bonds. The van der Waals surface area contributed by atoms with Crippen molar-refractivity contribution in [2.45, 2.75) is 39.2 Å². The van der Waals surface area contributed by atoms with Gasteiger partial charge in [-0.05, 0) is 44.7 Å². The van der Waals surface area contributed by atoms with Crippen LogP contribution in [-0.2, 0) is 4.79 Å². The Morgan fingerprint density at radius 2 is 2.00 bits per heavy atom. The predicted octanol–water partition coefficient (Wildman–Crippen LogP) is 2.06. The van der Waals surface area contributed by atoms with Crippen LogP contribution in [0.5, 0.6) is 0 Å². The van der Waals surface area contributed by atoms with Gasteiger partial charge in [-0.2, -0.15) is 0 Å². The average Bonchev–Trinajstić information content (AvgIpc) is 3.07. The fourth-order valence-corrected chi connectivity index (χ4v) is 4.09. The molecule has 0 bridgehead atoms.